The number of hydrogen-bond acceptors (Lipinski definition) is 7. The summed E-state index contributed by atoms with van der Waals surface area (Å²) >= 11 is 0. The molecule has 1 aromatic carbocycles. The Morgan fingerprint density at radius 1 is 1.03 bits per heavy atom. The van der Waals surface area contributed by atoms with E-state index >= 15 is 0 Å². The number of alkyl carbamates (subject to hydrolysis) is 1. The van der Waals surface area contributed by atoms with Crippen LogP contribution in [-0.2, 0) is 19.1 Å². The molecule has 0 spiro atoms. The Bertz CT molecular complexity index is 834. The number of aromatic nitrogens is 2. The van der Waals surface area contributed by atoms with Crippen LogP contribution in [0, 0.1) is 0 Å². The summed E-state index contributed by atoms with van der Waals surface area (Å²) in [7, 11) is 1.21. The maximum Gasteiger partial charge on any atom is 0.408 e. The minimum Gasteiger partial charge on any atom is -0.468 e. The Hall–Kier alpha value is -3.29. The van der Waals surface area contributed by atoms with E-state index in [-0.39, 0.29) is 6.42 Å². The van der Waals surface area contributed by atoms with E-state index in [1.807, 2.05) is 6.07 Å². The van der Waals surface area contributed by atoms with Crippen molar-refractivity contribution >= 4 is 17.8 Å². The molecule has 0 radical (unpaired) electrons. The zero-order valence-corrected chi connectivity index (χ0v) is 16.9. The first kappa shape index (κ1) is 22.0. The molecule has 0 aliphatic rings. The molecule has 0 aliphatic heterocycles. The molecule has 154 valence electrons. The van der Waals surface area contributed by atoms with Crippen molar-refractivity contribution in [3.8, 4) is 0 Å². The van der Waals surface area contributed by atoms with Gasteiger partial charge in [0, 0.05) is 12.6 Å². The van der Waals surface area contributed by atoms with E-state index in [1.54, 1.807) is 45.0 Å². The van der Waals surface area contributed by atoms with Gasteiger partial charge in [-0.15, -0.1) is 0 Å². The Morgan fingerprint density at radius 2 is 1.72 bits per heavy atom. The first-order chi connectivity index (χ1) is 13.7. The normalized spacial score (nSPS) is 13.1. The van der Waals surface area contributed by atoms with Crippen molar-refractivity contribution in [1.82, 2.24) is 15.5 Å². The van der Waals surface area contributed by atoms with Crippen LogP contribution < -0.4 is 5.32 Å². The predicted octanol–water partition coefficient (Wildman–Crippen LogP) is 2.96. The van der Waals surface area contributed by atoms with Gasteiger partial charge in [-0.25, -0.2) is 4.79 Å². The predicted molar refractivity (Wildman–Crippen MR) is 105 cm³/mol. The van der Waals surface area contributed by atoms with E-state index < -0.39 is 35.4 Å². The lowest BCUT2D eigenvalue weighted by Gasteiger charge is -2.24. The zero-order chi connectivity index (χ0) is 21.4. The fourth-order valence-corrected chi connectivity index (χ4v) is 2.75. The number of nitrogens with one attached hydrogen (secondary N) is 1. The van der Waals surface area contributed by atoms with Crippen LogP contribution in [-0.4, -0.2) is 40.8 Å². The summed E-state index contributed by atoms with van der Waals surface area (Å²) in [5, 5.41) is 10.1. The van der Waals surface area contributed by atoms with Crippen LogP contribution >= 0.6 is 0 Å². The first-order valence-electron chi connectivity index (χ1n) is 9.13. The highest BCUT2D eigenvalue weighted by molar-refractivity contribution is 6.04. The SMILES string of the molecule is COC(=O)C(C(=O)CC(NC(=O)OC(C)(C)C)c1ccccc1)c1ccnnc1. The van der Waals surface area contributed by atoms with E-state index in [4.69, 9.17) is 9.47 Å². The molecule has 0 bridgehead atoms. The van der Waals surface area contributed by atoms with Gasteiger partial charge in [-0.2, -0.15) is 10.2 Å². The number of nitrogens with zero attached hydrogens (tertiary/aromatic N) is 2. The number of esters is 1. The van der Waals surface area contributed by atoms with Gasteiger partial charge < -0.3 is 14.8 Å². The molecule has 2 atom stereocenters. The number of Topliss-reactive ketones (excluding diaryl/α,β-unsaturated/α-hetero) is 1. The monoisotopic (exact) mass is 399 g/mol. The molecule has 0 saturated carbocycles. The summed E-state index contributed by atoms with van der Waals surface area (Å²) in [6, 6.07) is 9.86. The Labute approximate surface area is 169 Å². The minimum atomic E-state index is -1.16. The molecule has 1 amide bonds. The van der Waals surface area contributed by atoms with Gasteiger partial charge in [0.15, 0.2) is 5.78 Å². The number of hydrogen-bond donors (Lipinski definition) is 1. The molecule has 1 heterocycles. The Balaban J connectivity index is 2.27. The molecule has 8 nitrogen and oxygen atoms in total. The fourth-order valence-electron chi connectivity index (χ4n) is 2.75. The molecule has 2 aromatic rings. The van der Waals surface area contributed by atoms with Gasteiger partial charge in [-0.3, -0.25) is 9.59 Å². The molecule has 8 heteroatoms. The number of amides is 1. The lowest BCUT2D eigenvalue weighted by Crippen LogP contribution is -2.37. The van der Waals surface area contributed by atoms with Crippen LogP contribution in [0.3, 0.4) is 0 Å². The summed E-state index contributed by atoms with van der Waals surface area (Å²) in [4.78, 5) is 37.6. The van der Waals surface area contributed by atoms with Gasteiger partial charge in [-0.1, -0.05) is 30.3 Å². The van der Waals surface area contributed by atoms with Crippen LogP contribution in [0.4, 0.5) is 4.79 Å². The van der Waals surface area contributed by atoms with Gasteiger partial charge in [0.05, 0.1) is 19.3 Å². The second kappa shape index (κ2) is 9.77. The zero-order valence-electron chi connectivity index (χ0n) is 16.9. The van der Waals surface area contributed by atoms with Crippen LogP contribution in [0.5, 0.6) is 0 Å². The second-order valence-electron chi connectivity index (χ2n) is 7.41. The van der Waals surface area contributed by atoms with Gasteiger partial charge in [0.2, 0.25) is 0 Å². The van der Waals surface area contributed by atoms with Crippen LogP contribution in [0.1, 0.15) is 50.3 Å². The number of ketones is 1. The van der Waals surface area contributed by atoms with Crippen molar-refractivity contribution in [3.05, 3.63) is 59.9 Å². The number of benzene rings is 1. The summed E-state index contributed by atoms with van der Waals surface area (Å²) in [6.45, 7) is 5.25. The number of rotatable bonds is 7. The number of carbonyl (C=O) groups is 3. The maximum absolute atomic E-state index is 13.1. The molecule has 29 heavy (non-hydrogen) atoms. The van der Waals surface area contributed by atoms with Gasteiger partial charge >= 0.3 is 12.1 Å². The minimum absolute atomic E-state index is 0.134. The topological polar surface area (TPSA) is 107 Å². The number of ether oxygens (including phenoxy) is 2. The first-order valence-corrected chi connectivity index (χ1v) is 9.13. The van der Waals surface area contributed by atoms with Crippen molar-refractivity contribution < 1.29 is 23.9 Å². The second-order valence-corrected chi connectivity index (χ2v) is 7.41. The van der Waals surface area contributed by atoms with Crippen molar-refractivity contribution in [2.45, 2.75) is 44.8 Å². The van der Waals surface area contributed by atoms with E-state index in [2.05, 4.69) is 15.5 Å². The van der Waals surface area contributed by atoms with Gasteiger partial charge in [-0.05, 0) is 38.0 Å². The molecular weight excluding hydrogens is 374 g/mol. The van der Waals surface area contributed by atoms with Crippen molar-refractivity contribution in [2.24, 2.45) is 0 Å². The Morgan fingerprint density at radius 3 is 2.28 bits per heavy atom. The summed E-state index contributed by atoms with van der Waals surface area (Å²) in [5.41, 5.74) is 0.399. The van der Waals surface area contributed by atoms with Crippen LogP contribution in [0.25, 0.3) is 0 Å². The van der Waals surface area contributed by atoms with Gasteiger partial charge in [0.25, 0.3) is 0 Å². The van der Waals surface area contributed by atoms with Crippen molar-refractivity contribution in [2.75, 3.05) is 7.11 Å². The summed E-state index contributed by atoms with van der Waals surface area (Å²) in [5.74, 6) is -2.29. The molecule has 2 unspecified atom stereocenters. The largest absolute Gasteiger partial charge is 0.468 e. The highest BCUT2D eigenvalue weighted by Gasteiger charge is 2.32. The van der Waals surface area contributed by atoms with Gasteiger partial charge in [0.1, 0.15) is 11.5 Å². The number of methoxy groups -OCH3 is 1. The van der Waals surface area contributed by atoms with Crippen LogP contribution in [0.2, 0.25) is 0 Å². The highest BCUT2D eigenvalue weighted by atomic mass is 16.6. The Kier molecular flexibility index (Phi) is 7.41. The standard InChI is InChI=1S/C21H25N3O5/c1-21(2,3)29-20(27)24-16(14-8-6-5-7-9-14)12-17(25)18(19(26)28-4)15-10-11-22-23-13-15/h5-11,13,16,18H,12H2,1-4H3,(H,24,27). The van der Waals surface area contributed by atoms with E-state index in [0.717, 1.165) is 0 Å². The van der Waals surface area contributed by atoms with Crippen molar-refractivity contribution in [1.29, 1.82) is 0 Å². The molecule has 0 fully saturated rings. The molecule has 0 saturated heterocycles. The third-order valence-electron chi connectivity index (χ3n) is 4.00. The molecular formula is C21H25N3O5. The lowest BCUT2D eigenvalue weighted by molar-refractivity contribution is -0.145. The average Bonchev–Trinajstić information content (AvgIpc) is 2.67. The quantitative estimate of drug-likeness (QED) is 0.563. The highest BCUT2D eigenvalue weighted by Crippen LogP contribution is 2.25. The molecule has 1 aromatic heterocycles. The average molecular weight is 399 g/mol. The van der Waals surface area contributed by atoms with E-state index in [1.165, 1.54) is 25.6 Å². The molecule has 2 rings (SSSR count). The smallest absolute Gasteiger partial charge is 0.408 e. The number of carbonyl (C=O) groups excluding carboxylic acids is 3. The van der Waals surface area contributed by atoms with Crippen LogP contribution in [0.15, 0.2) is 48.8 Å². The van der Waals surface area contributed by atoms with E-state index in [9.17, 15) is 14.4 Å². The summed E-state index contributed by atoms with van der Waals surface area (Å²) < 4.78 is 10.1. The van der Waals surface area contributed by atoms with Crippen molar-refractivity contribution in [3.63, 3.8) is 0 Å². The molecule has 0 aliphatic carbocycles. The van der Waals surface area contributed by atoms with E-state index in [0.29, 0.717) is 11.1 Å². The third kappa shape index (κ3) is 6.67. The lowest BCUT2D eigenvalue weighted by atomic mass is 9.90. The fraction of sp³-hybridized carbons (Fsp3) is 0.381. The molecule has 1 N–H and O–H groups in total. The maximum atomic E-state index is 13.1. The summed E-state index contributed by atoms with van der Waals surface area (Å²) in [6.07, 6.45) is 1.95. The third-order valence-corrected chi connectivity index (χ3v) is 4.00.